The molecule has 1 fully saturated rings. The van der Waals surface area contributed by atoms with Gasteiger partial charge in [0.05, 0.1) is 11.6 Å². The van der Waals surface area contributed by atoms with Gasteiger partial charge in [0.15, 0.2) is 0 Å². The summed E-state index contributed by atoms with van der Waals surface area (Å²) in [5, 5.41) is 15.5. The standard InChI is InChI=1S/C18H21N5/c19-13-14-7-9-16(10-8-14)22-18-20-12-11-17(23-18)21-15-5-3-1-2-4-6-15/h7-12,15H,1-6H2,(H2,20,21,22,23). The number of nitrogens with zero attached hydrogens (tertiary/aromatic N) is 3. The zero-order valence-corrected chi connectivity index (χ0v) is 13.1. The Labute approximate surface area is 136 Å². The van der Waals surface area contributed by atoms with E-state index >= 15 is 0 Å². The van der Waals surface area contributed by atoms with Crippen molar-refractivity contribution in [3.63, 3.8) is 0 Å². The first-order chi connectivity index (χ1) is 11.3. The van der Waals surface area contributed by atoms with Gasteiger partial charge in [0.25, 0.3) is 0 Å². The molecule has 0 aliphatic heterocycles. The van der Waals surface area contributed by atoms with Crippen molar-refractivity contribution in [1.29, 1.82) is 5.26 Å². The van der Waals surface area contributed by atoms with E-state index in [4.69, 9.17) is 5.26 Å². The van der Waals surface area contributed by atoms with E-state index in [1.165, 1.54) is 38.5 Å². The summed E-state index contributed by atoms with van der Waals surface area (Å²) in [6.45, 7) is 0. The van der Waals surface area contributed by atoms with Gasteiger partial charge < -0.3 is 10.6 Å². The summed E-state index contributed by atoms with van der Waals surface area (Å²) in [4.78, 5) is 8.80. The van der Waals surface area contributed by atoms with E-state index in [1.54, 1.807) is 18.3 Å². The molecule has 1 aromatic heterocycles. The van der Waals surface area contributed by atoms with Crippen LogP contribution in [0.1, 0.15) is 44.1 Å². The quantitative estimate of drug-likeness (QED) is 0.827. The molecule has 1 aliphatic carbocycles. The van der Waals surface area contributed by atoms with Crippen molar-refractivity contribution in [3.8, 4) is 6.07 Å². The summed E-state index contributed by atoms with van der Waals surface area (Å²) in [6.07, 6.45) is 9.45. The minimum Gasteiger partial charge on any atom is -0.367 e. The van der Waals surface area contributed by atoms with E-state index in [9.17, 15) is 0 Å². The molecule has 1 saturated carbocycles. The minimum atomic E-state index is 0.509. The molecule has 0 amide bonds. The first-order valence-corrected chi connectivity index (χ1v) is 8.20. The van der Waals surface area contributed by atoms with Crippen molar-refractivity contribution in [3.05, 3.63) is 42.1 Å². The number of hydrogen-bond acceptors (Lipinski definition) is 5. The predicted octanol–water partition coefficient (Wildman–Crippen LogP) is 4.23. The Balaban J connectivity index is 1.65. The maximum Gasteiger partial charge on any atom is 0.229 e. The van der Waals surface area contributed by atoms with Crippen LogP contribution >= 0.6 is 0 Å². The Bertz CT molecular complexity index is 667. The van der Waals surface area contributed by atoms with Gasteiger partial charge in [-0.25, -0.2) is 4.98 Å². The van der Waals surface area contributed by atoms with Crippen LogP contribution in [0.2, 0.25) is 0 Å². The number of rotatable bonds is 4. The highest BCUT2D eigenvalue weighted by Gasteiger charge is 2.12. The summed E-state index contributed by atoms with van der Waals surface area (Å²) in [5.41, 5.74) is 1.51. The van der Waals surface area contributed by atoms with Crippen molar-refractivity contribution in [2.45, 2.75) is 44.6 Å². The molecular weight excluding hydrogens is 286 g/mol. The Hall–Kier alpha value is -2.61. The van der Waals surface area contributed by atoms with Crippen molar-refractivity contribution in [1.82, 2.24) is 9.97 Å². The van der Waals surface area contributed by atoms with E-state index in [-0.39, 0.29) is 0 Å². The highest BCUT2D eigenvalue weighted by molar-refractivity contribution is 5.56. The highest BCUT2D eigenvalue weighted by atomic mass is 15.1. The molecule has 0 unspecified atom stereocenters. The van der Waals surface area contributed by atoms with Crippen LogP contribution in [0.25, 0.3) is 0 Å². The second kappa shape index (κ2) is 7.59. The smallest absolute Gasteiger partial charge is 0.229 e. The SMILES string of the molecule is N#Cc1ccc(Nc2nccc(NC3CCCCCC3)n2)cc1. The van der Waals surface area contributed by atoms with Crippen molar-refractivity contribution in [2.24, 2.45) is 0 Å². The molecule has 0 spiro atoms. The van der Waals surface area contributed by atoms with Gasteiger partial charge in [-0.2, -0.15) is 10.2 Å². The first kappa shape index (κ1) is 15.3. The van der Waals surface area contributed by atoms with Gasteiger partial charge in [0.2, 0.25) is 5.95 Å². The second-order valence-corrected chi connectivity index (χ2v) is 5.91. The molecule has 1 aromatic carbocycles. The van der Waals surface area contributed by atoms with Crippen molar-refractivity contribution < 1.29 is 0 Å². The fourth-order valence-corrected chi connectivity index (χ4v) is 2.89. The van der Waals surface area contributed by atoms with Crippen LogP contribution in [0.15, 0.2) is 36.5 Å². The average molecular weight is 307 g/mol. The van der Waals surface area contributed by atoms with Crippen molar-refractivity contribution in [2.75, 3.05) is 10.6 Å². The molecule has 23 heavy (non-hydrogen) atoms. The number of benzene rings is 1. The number of hydrogen-bond donors (Lipinski definition) is 2. The Kier molecular flexibility index (Phi) is 5.05. The zero-order chi connectivity index (χ0) is 15.9. The molecule has 0 saturated heterocycles. The summed E-state index contributed by atoms with van der Waals surface area (Å²) in [7, 11) is 0. The monoisotopic (exact) mass is 307 g/mol. The molecule has 0 atom stereocenters. The predicted molar refractivity (Wildman–Crippen MR) is 91.6 cm³/mol. The average Bonchev–Trinajstić information content (AvgIpc) is 2.85. The first-order valence-electron chi connectivity index (χ1n) is 8.20. The lowest BCUT2D eigenvalue weighted by Gasteiger charge is -2.17. The number of nitrogens with one attached hydrogen (secondary N) is 2. The van der Waals surface area contributed by atoms with Gasteiger partial charge in [-0.1, -0.05) is 25.7 Å². The molecule has 5 heteroatoms. The summed E-state index contributed by atoms with van der Waals surface area (Å²) in [5.74, 6) is 1.43. The van der Waals surface area contributed by atoms with Gasteiger partial charge in [-0.15, -0.1) is 0 Å². The molecule has 1 aliphatic rings. The van der Waals surface area contributed by atoms with Crippen LogP contribution in [0, 0.1) is 11.3 Å². The molecule has 0 radical (unpaired) electrons. The number of aromatic nitrogens is 2. The summed E-state index contributed by atoms with van der Waals surface area (Å²) < 4.78 is 0. The number of nitriles is 1. The topological polar surface area (TPSA) is 73.6 Å². The molecule has 2 aromatic rings. The maximum absolute atomic E-state index is 8.83. The molecule has 3 rings (SSSR count). The molecule has 2 N–H and O–H groups in total. The van der Waals surface area contributed by atoms with Crippen LogP contribution in [-0.2, 0) is 0 Å². The van der Waals surface area contributed by atoms with E-state index in [1.807, 2.05) is 18.2 Å². The van der Waals surface area contributed by atoms with Gasteiger partial charge in [-0.3, -0.25) is 0 Å². The van der Waals surface area contributed by atoms with E-state index in [0.29, 0.717) is 17.6 Å². The number of anilines is 3. The van der Waals surface area contributed by atoms with E-state index in [2.05, 4.69) is 26.7 Å². The van der Waals surface area contributed by atoms with Gasteiger partial charge in [0, 0.05) is 17.9 Å². The Morgan fingerprint density at radius 2 is 1.74 bits per heavy atom. The molecule has 1 heterocycles. The summed E-state index contributed by atoms with van der Waals surface area (Å²) in [6, 6.07) is 11.8. The lowest BCUT2D eigenvalue weighted by molar-refractivity contribution is 0.617. The Morgan fingerprint density at radius 3 is 2.43 bits per heavy atom. The van der Waals surface area contributed by atoms with Crippen LogP contribution in [0.5, 0.6) is 0 Å². The Morgan fingerprint density at radius 1 is 1.00 bits per heavy atom. The lowest BCUT2D eigenvalue weighted by atomic mass is 10.1. The minimum absolute atomic E-state index is 0.509. The third kappa shape index (κ3) is 4.43. The van der Waals surface area contributed by atoms with Crippen LogP contribution in [-0.4, -0.2) is 16.0 Å². The second-order valence-electron chi connectivity index (χ2n) is 5.91. The molecule has 5 nitrogen and oxygen atoms in total. The molecule has 118 valence electrons. The van der Waals surface area contributed by atoms with Crippen molar-refractivity contribution >= 4 is 17.5 Å². The largest absolute Gasteiger partial charge is 0.367 e. The fraction of sp³-hybridized carbons (Fsp3) is 0.389. The van der Waals surface area contributed by atoms with Crippen LogP contribution in [0.4, 0.5) is 17.5 Å². The zero-order valence-electron chi connectivity index (χ0n) is 13.1. The van der Waals surface area contributed by atoms with Gasteiger partial charge >= 0.3 is 0 Å². The van der Waals surface area contributed by atoms with Gasteiger partial charge in [0.1, 0.15) is 5.82 Å². The lowest BCUT2D eigenvalue weighted by Crippen LogP contribution is -2.19. The fourth-order valence-electron chi connectivity index (χ4n) is 2.89. The molecule has 0 bridgehead atoms. The van der Waals surface area contributed by atoms with Gasteiger partial charge in [-0.05, 0) is 43.2 Å². The third-order valence-corrected chi connectivity index (χ3v) is 4.13. The van der Waals surface area contributed by atoms with E-state index < -0.39 is 0 Å². The summed E-state index contributed by atoms with van der Waals surface area (Å²) >= 11 is 0. The molecular formula is C18H21N5. The maximum atomic E-state index is 8.83. The third-order valence-electron chi connectivity index (χ3n) is 4.13. The van der Waals surface area contributed by atoms with E-state index in [0.717, 1.165) is 11.5 Å². The van der Waals surface area contributed by atoms with Crippen LogP contribution in [0.3, 0.4) is 0 Å². The normalized spacial score (nSPS) is 15.4. The highest BCUT2D eigenvalue weighted by Crippen LogP contribution is 2.21. The van der Waals surface area contributed by atoms with Crippen LogP contribution < -0.4 is 10.6 Å².